The molecule has 1 aliphatic rings. The van der Waals surface area contributed by atoms with E-state index in [1.807, 2.05) is 0 Å². The molecule has 1 saturated heterocycles. The monoisotopic (exact) mass is 336 g/mol. The molecule has 0 spiro atoms. The molecule has 132 valence electrons. The van der Waals surface area contributed by atoms with Crippen LogP contribution in [0.2, 0.25) is 0 Å². The average molecular weight is 336 g/mol. The molecule has 0 atom stereocenters. The van der Waals surface area contributed by atoms with E-state index in [0.717, 1.165) is 5.75 Å². The largest absolute Gasteiger partial charge is 0.497 e. The van der Waals surface area contributed by atoms with Gasteiger partial charge in [0.15, 0.2) is 6.61 Å². The van der Waals surface area contributed by atoms with Crippen molar-refractivity contribution in [2.75, 3.05) is 33.4 Å². The van der Waals surface area contributed by atoms with E-state index in [-0.39, 0.29) is 24.6 Å². The first-order valence-electron chi connectivity index (χ1n) is 8.10. The minimum Gasteiger partial charge on any atom is -0.497 e. The summed E-state index contributed by atoms with van der Waals surface area (Å²) in [5.41, 5.74) is 0. The Morgan fingerprint density at radius 3 is 2.38 bits per heavy atom. The van der Waals surface area contributed by atoms with Crippen LogP contribution in [0.5, 0.6) is 11.5 Å². The maximum atomic E-state index is 12.0. The topological polar surface area (TPSA) is 77.1 Å². The third-order valence-electron chi connectivity index (χ3n) is 3.82. The number of carbonyl (C=O) groups is 2. The molecule has 0 radical (unpaired) electrons. The van der Waals surface area contributed by atoms with E-state index >= 15 is 0 Å². The van der Waals surface area contributed by atoms with Gasteiger partial charge in [0.25, 0.3) is 5.91 Å². The second kappa shape index (κ2) is 9.00. The van der Waals surface area contributed by atoms with Gasteiger partial charge in [-0.1, -0.05) is 0 Å². The zero-order valence-corrected chi connectivity index (χ0v) is 14.1. The van der Waals surface area contributed by atoms with E-state index in [9.17, 15) is 9.59 Å². The normalized spacial score (nSPS) is 14.8. The maximum absolute atomic E-state index is 12.0. The van der Waals surface area contributed by atoms with Gasteiger partial charge in [-0.2, -0.15) is 0 Å². The Bertz CT molecular complexity index is 538. The molecule has 2 rings (SSSR count). The number of piperidine rings is 1. The highest BCUT2D eigenvalue weighted by atomic mass is 16.6. The number of carbonyl (C=O) groups excluding carboxylic acids is 2. The first-order chi connectivity index (χ1) is 11.6. The molecule has 2 amide bonds. The quantitative estimate of drug-likeness (QED) is 0.857. The summed E-state index contributed by atoms with van der Waals surface area (Å²) in [4.78, 5) is 25.2. The molecule has 1 aliphatic heterocycles. The van der Waals surface area contributed by atoms with Crippen molar-refractivity contribution in [2.45, 2.75) is 25.8 Å². The van der Waals surface area contributed by atoms with Crippen molar-refractivity contribution in [3.05, 3.63) is 24.3 Å². The molecule has 0 aliphatic carbocycles. The number of nitrogens with one attached hydrogen (secondary N) is 1. The second-order valence-electron chi connectivity index (χ2n) is 5.49. The number of likely N-dealkylation sites (tertiary alicyclic amines) is 1. The Labute approximate surface area is 141 Å². The van der Waals surface area contributed by atoms with Gasteiger partial charge >= 0.3 is 6.09 Å². The van der Waals surface area contributed by atoms with Crippen molar-refractivity contribution >= 4 is 12.0 Å². The van der Waals surface area contributed by atoms with E-state index in [1.165, 1.54) is 0 Å². The Morgan fingerprint density at radius 2 is 1.79 bits per heavy atom. The molecule has 0 bridgehead atoms. The molecule has 1 heterocycles. The van der Waals surface area contributed by atoms with Crippen molar-refractivity contribution < 1.29 is 23.8 Å². The molecule has 1 aromatic carbocycles. The second-order valence-corrected chi connectivity index (χ2v) is 5.49. The van der Waals surface area contributed by atoms with E-state index < -0.39 is 0 Å². The van der Waals surface area contributed by atoms with E-state index in [4.69, 9.17) is 14.2 Å². The van der Waals surface area contributed by atoms with Gasteiger partial charge in [-0.15, -0.1) is 0 Å². The molecular formula is C17H24N2O5. The van der Waals surface area contributed by atoms with Crippen LogP contribution in [0.4, 0.5) is 4.79 Å². The van der Waals surface area contributed by atoms with Gasteiger partial charge in [0, 0.05) is 19.1 Å². The van der Waals surface area contributed by atoms with E-state index in [2.05, 4.69) is 5.32 Å². The van der Waals surface area contributed by atoms with Crippen LogP contribution >= 0.6 is 0 Å². The number of hydrogen-bond acceptors (Lipinski definition) is 5. The third kappa shape index (κ3) is 5.33. The van der Waals surface area contributed by atoms with Gasteiger partial charge in [-0.3, -0.25) is 4.79 Å². The highest BCUT2D eigenvalue weighted by molar-refractivity contribution is 5.78. The van der Waals surface area contributed by atoms with E-state index in [1.54, 1.807) is 43.2 Å². The standard InChI is InChI=1S/C17H24N2O5/c1-3-23-17(21)19-10-8-13(9-11-19)18-16(20)12-24-15-6-4-14(22-2)5-7-15/h4-7,13H,3,8-12H2,1-2H3,(H,18,20). The molecule has 24 heavy (non-hydrogen) atoms. The van der Waals surface area contributed by atoms with Crippen LogP contribution in [0.25, 0.3) is 0 Å². The summed E-state index contributed by atoms with van der Waals surface area (Å²) < 4.78 is 15.5. The molecule has 7 nitrogen and oxygen atoms in total. The Morgan fingerprint density at radius 1 is 1.17 bits per heavy atom. The Hall–Kier alpha value is -2.44. The van der Waals surface area contributed by atoms with Crippen LogP contribution in [0.1, 0.15) is 19.8 Å². The first-order valence-corrected chi connectivity index (χ1v) is 8.10. The molecule has 7 heteroatoms. The third-order valence-corrected chi connectivity index (χ3v) is 3.82. The maximum Gasteiger partial charge on any atom is 0.409 e. The van der Waals surface area contributed by atoms with Gasteiger partial charge < -0.3 is 24.4 Å². The average Bonchev–Trinajstić information content (AvgIpc) is 2.61. The fourth-order valence-corrected chi connectivity index (χ4v) is 2.51. The first kappa shape index (κ1) is 17.9. The number of ether oxygens (including phenoxy) is 3. The van der Waals surface area contributed by atoms with Crippen LogP contribution in [0.15, 0.2) is 24.3 Å². The van der Waals surface area contributed by atoms with Gasteiger partial charge in [0.05, 0.1) is 13.7 Å². The number of nitrogens with zero attached hydrogens (tertiary/aromatic N) is 1. The molecule has 1 N–H and O–H groups in total. The van der Waals surface area contributed by atoms with Crippen LogP contribution in [-0.2, 0) is 9.53 Å². The lowest BCUT2D eigenvalue weighted by atomic mass is 10.1. The highest BCUT2D eigenvalue weighted by Gasteiger charge is 2.24. The SMILES string of the molecule is CCOC(=O)N1CCC(NC(=O)COc2ccc(OC)cc2)CC1. The van der Waals surface area contributed by atoms with Crippen LogP contribution in [0, 0.1) is 0 Å². The molecule has 1 aromatic rings. The smallest absolute Gasteiger partial charge is 0.409 e. The zero-order valence-electron chi connectivity index (χ0n) is 14.1. The van der Waals surface area contributed by atoms with E-state index in [0.29, 0.717) is 38.3 Å². The van der Waals surface area contributed by atoms with Crippen LogP contribution in [-0.4, -0.2) is 56.4 Å². The van der Waals surface area contributed by atoms with Crippen LogP contribution in [0.3, 0.4) is 0 Å². The summed E-state index contributed by atoms with van der Waals surface area (Å²) in [5, 5.41) is 2.94. The van der Waals surface area contributed by atoms with Crippen molar-refractivity contribution in [3.8, 4) is 11.5 Å². The van der Waals surface area contributed by atoms with Crippen molar-refractivity contribution in [1.29, 1.82) is 0 Å². The zero-order chi connectivity index (χ0) is 17.4. The minimum atomic E-state index is -0.287. The molecule has 0 unspecified atom stereocenters. The lowest BCUT2D eigenvalue weighted by Gasteiger charge is -2.31. The molecule has 0 saturated carbocycles. The molecule has 1 fully saturated rings. The molecule has 0 aromatic heterocycles. The number of rotatable bonds is 6. The van der Waals surface area contributed by atoms with Crippen molar-refractivity contribution in [3.63, 3.8) is 0 Å². The Balaban J connectivity index is 1.68. The highest BCUT2D eigenvalue weighted by Crippen LogP contribution is 2.17. The molecular weight excluding hydrogens is 312 g/mol. The van der Waals surface area contributed by atoms with Gasteiger partial charge in [-0.05, 0) is 44.0 Å². The van der Waals surface area contributed by atoms with Gasteiger partial charge in [-0.25, -0.2) is 4.79 Å². The summed E-state index contributed by atoms with van der Waals surface area (Å²) in [5.74, 6) is 1.18. The minimum absolute atomic E-state index is 0.0373. The summed E-state index contributed by atoms with van der Waals surface area (Å²) >= 11 is 0. The fourth-order valence-electron chi connectivity index (χ4n) is 2.51. The lowest BCUT2D eigenvalue weighted by molar-refractivity contribution is -0.124. The fraction of sp³-hybridized carbons (Fsp3) is 0.529. The summed E-state index contributed by atoms with van der Waals surface area (Å²) in [7, 11) is 1.59. The van der Waals surface area contributed by atoms with Crippen LogP contribution < -0.4 is 14.8 Å². The van der Waals surface area contributed by atoms with Crippen molar-refractivity contribution in [2.24, 2.45) is 0 Å². The van der Waals surface area contributed by atoms with Gasteiger partial charge in [0.2, 0.25) is 0 Å². The van der Waals surface area contributed by atoms with Crippen molar-refractivity contribution in [1.82, 2.24) is 10.2 Å². The number of methoxy groups -OCH3 is 1. The predicted molar refractivity (Wildman–Crippen MR) is 88.2 cm³/mol. The number of amides is 2. The Kier molecular flexibility index (Phi) is 6.72. The van der Waals surface area contributed by atoms with Gasteiger partial charge in [0.1, 0.15) is 11.5 Å². The number of hydrogen-bond donors (Lipinski definition) is 1. The predicted octanol–water partition coefficient (Wildman–Crippen LogP) is 1.81. The summed E-state index contributed by atoms with van der Waals surface area (Å²) in [6.07, 6.45) is 1.14. The summed E-state index contributed by atoms with van der Waals surface area (Å²) in [6, 6.07) is 7.12. The number of benzene rings is 1. The lowest BCUT2D eigenvalue weighted by Crippen LogP contribution is -2.47. The summed E-state index contributed by atoms with van der Waals surface area (Å²) in [6.45, 7) is 3.29.